The average molecular weight is 174 g/mol. The average Bonchev–Trinajstić information content (AvgIpc) is 2.06. The fraction of sp³-hybridized carbons (Fsp3) is 0. The molecule has 0 fully saturated rings. The highest BCUT2D eigenvalue weighted by Gasteiger charge is 2.01. The molecule has 2 amide bonds. The number of nitrogens with zero attached hydrogens (tertiary/aromatic N) is 4. The van der Waals surface area contributed by atoms with Crippen LogP contribution in [0.2, 0.25) is 0 Å². The second kappa shape index (κ2) is 6.92. The van der Waals surface area contributed by atoms with Crippen molar-refractivity contribution in [2.45, 2.75) is 0 Å². The Hall–Kier alpha value is -2.19. The zero-order valence-electron chi connectivity index (χ0n) is 5.48. The Morgan fingerprint density at radius 2 is 1.42 bits per heavy atom. The first-order valence-electron chi connectivity index (χ1n) is 2.37. The molecule has 0 aromatic rings. The van der Waals surface area contributed by atoms with E-state index in [0.29, 0.717) is 0 Å². The second-order valence-electron chi connectivity index (χ2n) is 1.04. The van der Waals surface area contributed by atoms with Crippen molar-refractivity contribution in [3.05, 3.63) is 0 Å². The lowest BCUT2D eigenvalue weighted by Crippen LogP contribution is -1.97. The van der Waals surface area contributed by atoms with E-state index >= 15 is 0 Å². The molecule has 0 radical (unpaired) electrons. The summed E-state index contributed by atoms with van der Waals surface area (Å²) in [6, 6.07) is 0. The number of carbonyl (C=O) groups excluding carboxylic acids is 3. The molecular weight excluding hydrogens is 172 g/mol. The summed E-state index contributed by atoms with van der Waals surface area (Å²) in [5.74, 6) is 0. The molecular formula is C3H2N4O5. The van der Waals surface area contributed by atoms with E-state index in [1.807, 2.05) is 0 Å². The van der Waals surface area contributed by atoms with E-state index in [1.54, 1.807) is 0 Å². The van der Waals surface area contributed by atoms with Gasteiger partial charge < -0.3 is 0 Å². The van der Waals surface area contributed by atoms with Gasteiger partial charge in [-0.15, -0.1) is 0 Å². The molecule has 0 aromatic carbocycles. The third kappa shape index (κ3) is 5.94. The zero-order chi connectivity index (χ0) is 9.23. The molecule has 0 saturated carbocycles. The van der Waals surface area contributed by atoms with Crippen LogP contribution in [-0.4, -0.2) is 19.0 Å². The van der Waals surface area contributed by atoms with Crippen molar-refractivity contribution in [2.24, 2.45) is 20.8 Å². The Labute approximate surface area is 65.0 Å². The summed E-state index contributed by atoms with van der Waals surface area (Å²) in [7, 11) is 0. The van der Waals surface area contributed by atoms with Crippen LogP contribution in [0.1, 0.15) is 0 Å². The van der Waals surface area contributed by atoms with Crippen LogP contribution in [0.25, 0.3) is 0 Å². The van der Waals surface area contributed by atoms with Gasteiger partial charge in [-0.3, -0.25) is 19.3 Å². The Balaban J connectivity index is 3.59. The molecule has 0 unspecified atom stereocenters. The van der Waals surface area contributed by atoms with E-state index in [9.17, 15) is 14.4 Å². The maximum absolute atomic E-state index is 10.2. The highest BCUT2D eigenvalue weighted by Crippen LogP contribution is 1.87. The van der Waals surface area contributed by atoms with Gasteiger partial charge in [0.15, 0.2) is 0 Å². The maximum Gasteiger partial charge on any atom is 0.565 e. The highest BCUT2D eigenvalue weighted by atomic mass is 16.9. The topological polar surface area (TPSA) is 119 Å². The van der Waals surface area contributed by atoms with Crippen molar-refractivity contribution < 1.29 is 24.1 Å². The lowest BCUT2D eigenvalue weighted by atomic mass is 11.4. The Kier molecular flexibility index (Phi) is 5.66. The van der Waals surface area contributed by atoms with Crippen LogP contribution in [0, 0.1) is 0 Å². The quantitative estimate of drug-likeness (QED) is 0.342. The SMILES string of the molecule is O=CN=NOC(=O)ON=NC=O. The first kappa shape index (κ1) is 9.81. The first-order chi connectivity index (χ1) is 5.81. The standard InChI is InChI=1S/C3H2N4O5/c8-1-4-6-11-3(10)12-7-5-2-9/h1-2H. The van der Waals surface area contributed by atoms with Crippen LogP contribution in [0.4, 0.5) is 4.79 Å². The lowest BCUT2D eigenvalue weighted by Gasteiger charge is -1.86. The summed E-state index contributed by atoms with van der Waals surface area (Å²) in [5.41, 5.74) is 0. The minimum atomic E-state index is -1.37. The second-order valence-corrected chi connectivity index (χ2v) is 1.04. The number of amides is 2. The molecule has 0 spiro atoms. The van der Waals surface area contributed by atoms with E-state index in [2.05, 4.69) is 30.5 Å². The molecule has 0 aliphatic rings. The molecule has 12 heavy (non-hydrogen) atoms. The van der Waals surface area contributed by atoms with Gasteiger partial charge in [-0.25, -0.2) is 0 Å². The minimum absolute atomic E-state index is 0.0419. The maximum atomic E-state index is 10.2. The zero-order valence-corrected chi connectivity index (χ0v) is 5.48. The number of hydrogen-bond acceptors (Lipinski definition) is 7. The fourth-order valence-corrected chi connectivity index (χ4v) is 0.169. The van der Waals surface area contributed by atoms with Gasteiger partial charge in [0.25, 0.3) is 12.8 Å². The van der Waals surface area contributed by atoms with Crippen LogP contribution in [-0.2, 0) is 19.3 Å². The van der Waals surface area contributed by atoms with Gasteiger partial charge in [-0.1, -0.05) is 10.2 Å². The summed E-state index contributed by atoms with van der Waals surface area (Å²) >= 11 is 0. The van der Waals surface area contributed by atoms with Gasteiger partial charge in [0.05, 0.1) is 0 Å². The molecule has 9 heteroatoms. The van der Waals surface area contributed by atoms with Gasteiger partial charge in [0.2, 0.25) is 0 Å². The predicted molar refractivity (Wildman–Crippen MR) is 29.4 cm³/mol. The Morgan fingerprint density at radius 1 is 1.00 bits per heavy atom. The van der Waals surface area contributed by atoms with E-state index in [0.717, 1.165) is 0 Å². The van der Waals surface area contributed by atoms with Crippen molar-refractivity contribution in [1.82, 2.24) is 0 Å². The largest absolute Gasteiger partial charge is 0.565 e. The first-order valence-corrected chi connectivity index (χ1v) is 2.37. The Bertz CT molecular complexity index is 201. The number of carbonyl (C=O) groups is 3. The summed E-state index contributed by atoms with van der Waals surface area (Å²) in [6.45, 7) is 0. The van der Waals surface area contributed by atoms with Crippen molar-refractivity contribution in [2.75, 3.05) is 0 Å². The lowest BCUT2D eigenvalue weighted by molar-refractivity contribution is -0.108. The Morgan fingerprint density at radius 3 is 1.75 bits per heavy atom. The van der Waals surface area contributed by atoms with E-state index in [-0.39, 0.29) is 12.8 Å². The van der Waals surface area contributed by atoms with Crippen LogP contribution in [0.5, 0.6) is 0 Å². The molecule has 0 atom stereocenters. The third-order valence-corrected chi connectivity index (χ3v) is 0.419. The molecule has 0 saturated heterocycles. The molecule has 0 aliphatic carbocycles. The molecule has 0 bridgehead atoms. The molecule has 0 heterocycles. The minimum Gasteiger partial charge on any atom is -0.274 e. The van der Waals surface area contributed by atoms with Gasteiger partial charge in [-0.2, -0.15) is 4.79 Å². The van der Waals surface area contributed by atoms with Gasteiger partial charge in [0.1, 0.15) is 0 Å². The monoisotopic (exact) mass is 174 g/mol. The molecule has 64 valence electrons. The molecule has 0 N–H and O–H groups in total. The van der Waals surface area contributed by atoms with Gasteiger partial charge in [0, 0.05) is 10.6 Å². The van der Waals surface area contributed by atoms with E-state index in [4.69, 9.17) is 0 Å². The smallest absolute Gasteiger partial charge is 0.274 e. The number of hydrogen-bond donors (Lipinski definition) is 0. The van der Waals surface area contributed by atoms with Gasteiger partial charge in [-0.05, 0) is 0 Å². The molecule has 0 rings (SSSR count). The third-order valence-electron chi connectivity index (χ3n) is 0.419. The van der Waals surface area contributed by atoms with E-state index < -0.39 is 6.16 Å². The highest BCUT2D eigenvalue weighted by molar-refractivity contribution is 5.59. The normalized spacial score (nSPS) is 10.0. The molecule has 0 aliphatic heterocycles. The van der Waals surface area contributed by atoms with Crippen LogP contribution in [0.3, 0.4) is 0 Å². The van der Waals surface area contributed by atoms with Crippen molar-refractivity contribution in [1.29, 1.82) is 0 Å². The van der Waals surface area contributed by atoms with Crippen molar-refractivity contribution in [3.8, 4) is 0 Å². The summed E-state index contributed by atoms with van der Waals surface area (Å²) in [4.78, 5) is 36.6. The fourth-order valence-electron chi connectivity index (χ4n) is 0.169. The summed E-state index contributed by atoms with van der Waals surface area (Å²) in [5, 5.41) is 10.4. The number of rotatable bonds is 4. The van der Waals surface area contributed by atoms with Crippen molar-refractivity contribution in [3.63, 3.8) is 0 Å². The van der Waals surface area contributed by atoms with Gasteiger partial charge >= 0.3 is 6.16 Å². The van der Waals surface area contributed by atoms with E-state index in [1.165, 1.54) is 0 Å². The predicted octanol–water partition coefficient (Wildman–Crippen LogP) is 0.187. The van der Waals surface area contributed by atoms with Crippen molar-refractivity contribution >= 4 is 19.0 Å². The van der Waals surface area contributed by atoms with Crippen LogP contribution < -0.4 is 0 Å². The molecule has 0 aromatic heterocycles. The van der Waals surface area contributed by atoms with Crippen LogP contribution >= 0.6 is 0 Å². The van der Waals surface area contributed by atoms with Crippen LogP contribution in [0.15, 0.2) is 20.8 Å². The molecule has 9 nitrogen and oxygen atoms in total. The summed E-state index contributed by atoms with van der Waals surface area (Å²) < 4.78 is 0. The summed E-state index contributed by atoms with van der Waals surface area (Å²) in [6.07, 6.45) is -1.29.